The number of benzene rings is 2. The molecule has 3 heterocycles. The lowest BCUT2D eigenvalue weighted by atomic mass is 9.86. The lowest BCUT2D eigenvalue weighted by molar-refractivity contribution is 0.0970. The number of fused-ring (bicyclic) bond motifs is 2. The van der Waals surface area contributed by atoms with Crippen molar-refractivity contribution in [2.24, 2.45) is 0 Å². The topological polar surface area (TPSA) is 63.4 Å². The number of carbonyl (C=O) groups is 1. The monoisotopic (exact) mass is 438 g/mol. The first kappa shape index (κ1) is 21.1. The zero-order valence-corrected chi connectivity index (χ0v) is 19.5. The molecule has 1 amide bonds. The number of amides is 1. The number of rotatable bonds is 2. The molecule has 0 spiro atoms. The van der Waals surface area contributed by atoms with E-state index in [1.807, 2.05) is 50.2 Å². The Balaban J connectivity index is 1.77. The summed E-state index contributed by atoms with van der Waals surface area (Å²) < 4.78 is 6.04. The Kier molecular flexibility index (Phi) is 4.74. The van der Waals surface area contributed by atoms with Crippen LogP contribution in [-0.4, -0.2) is 10.9 Å². The van der Waals surface area contributed by atoms with Crippen LogP contribution in [0.2, 0.25) is 0 Å². The molecule has 5 nitrogen and oxygen atoms in total. The number of carbonyl (C=O) groups excluding carboxylic acids is 1. The van der Waals surface area contributed by atoms with E-state index in [0.29, 0.717) is 22.4 Å². The van der Waals surface area contributed by atoms with Crippen LogP contribution in [0.3, 0.4) is 0 Å². The van der Waals surface area contributed by atoms with Gasteiger partial charge in [0, 0.05) is 6.20 Å². The van der Waals surface area contributed by atoms with Crippen LogP contribution in [0.5, 0.6) is 0 Å². The summed E-state index contributed by atoms with van der Waals surface area (Å²) >= 11 is 0. The number of aryl methyl sites for hydroxylation is 2. The average molecular weight is 439 g/mol. The smallest absolute Gasteiger partial charge is 0.296 e. The van der Waals surface area contributed by atoms with Gasteiger partial charge >= 0.3 is 0 Å². The first-order chi connectivity index (χ1) is 15.6. The van der Waals surface area contributed by atoms with Crippen LogP contribution in [0.1, 0.15) is 65.2 Å². The minimum absolute atomic E-state index is 0.00705. The quantitative estimate of drug-likeness (QED) is 0.394. The molecule has 1 aliphatic rings. The van der Waals surface area contributed by atoms with Gasteiger partial charge in [0.05, 0.1) is 17.0 Å². The number of aromatic nitrogens is 1. The summed E-state index contributed by atoms with van der Waals surface area (Å²) in [5.41, 5.74) is 4.57. The standard InChI is InChI=1S/C28H26N2O3/c1-16-6-12-21-20(14-16)25(31)23-24(18-8-10-19(11-9-18)28(3,4)5)30(27(32)26(23)33-21)22-13-7-17(2)15-29-22/h6-15,24H,1-5H3. The van der Waals surface area contributed by atoms with Crippen LogP contribution in [0.15, 0.2) is 70.0 Å². The number of nitrogens with zero attached hydrogens (tertiary/aromatic N) is 2. The fraction of sp³-hybridized carbons (Fsp3) is 0.250. The van der Waals surface area contributed by atoms with Gasteiger partial charge in [0.25, 0.3) is 5.91 Å². The molecule has 0 radical (unpaired) electrons. The summed E-state index contributed by atoms with van der Waals surface area (Å²) in [6.45, 7) is 10.3. The van der Waals surface area contributed by atoms with Gasteiger partial charge in [-0.05, 0) is 54.2 Å². The maximum Gasteiger partial charge on any atom is 0.296 e. The van der Waals surface area contributed by atoms with E-state index >= 15 is 0 Å². The molecule has 5 rings (SSSR count). The van der Waals surface area contributed by atoms with E-state index in [0.717, 1.165) is 16.7 Å². The van der Waals surface area contributed by atoms with Gasteiger partial charge in [-0.1, -0.05) is 62.7 Å². The molecule has 0 fully saturated rings. The Morgan fingerprint density at radius 2 is 1.61 bits per heavy atom. The molecule has 0 saturated carbocycles. The van der Waals surface area contributed by atoms with Gasteiger partial charge in [-0.15, -0.1) is 0 Å². The van der Waals surface area contributed by atoms with Crippen molar-refractivity contribution in [1.82, 2.24) is 4.98 Å². The van der Waals surface area contributed by atoms with Crippen LogP contribution in [-0.2, 0) is 5.41 Å². The van der Waals surface area contributed by atoms with E-state index in [-0.39, 0.29) is 22.5 Å². The summed E-state index contributed by atoms with van der Waals surface area (Å²) in [7, 11) is 0. The van der Waals surface area contributed by atoms with E-state index in [2.05, 4.69) is 37.9 Å². The number of hydrogen-bond donors (Lipinski definition) is 0. The minimum Gasteiger partial charge on any atom is -0.450 e. The van der Waals surface area contributed by atoms with E-state index in [1.165, 1.54) is 5.56 Å². The van der Waals surface area contributed by atoms with Crippen molar-refractivity contribution < 1.29 is 9.21 Å². The molecule has 0 N–H and O–H groups in total. The van der Waals surface area contributed by atoms with E-state index in [4.69, 9.17) is 4.42 Å². The van der Waals surface area contributed by atoms with Crippen LogP contribution in [0, 0.1) is 13.8 Å². The van der Waals surface area contributed by atoms with Crippen molar-refractivity contribution in [2.45, 2.75) is 46.1 Å². The maximum atomic E-state index is 13.7. The van der Waals surface area contributed by atoms with E-state index in [1.54, 1.807) is 17.2 Å². The highest BCUT2D eigenvalue weighted by Crippen LogP contribution is 2.41. The molecule has 2 aromatic heterocycles. The average Bonchev–Trinajstić information content (AvgIpc) is 3.07. The molecule has 166 valence electrons. The Labute approximate surface area is 192 Å². The molecule has 5 heteroatoms. The minimum atomic E-state index is -0.613. The first-order valence-electron chi connectivity index (χ1n) is 11.1. The Morgan fingerprint density at radius 1 is 0.909 bits per heavy atom. The SMILES string of the molecule is Cc1ccc(N2C(=O)c3oc4ccc(C)cc4c(=O)c3C2c2ccc(C(C)(C)C)cc2)nc1. The van der Waals surface area contributed by atoms with Crippen molar-refractivity contribution in [3.8, 4) is 0 Å². The molecular formula is C28H26N2O3. The highest BCUT2D eigenvalue weighted by Gasteiger charge is 2.44. The predicted octanol–water partition coefficient (Wildman–Crippen LogP) is 5.85. The molecule has 1 atom stereocenters. The van der Waals surface area contributed by atoms with Crippen molar-refractivity contribution >= 4 is 22.7 Å². The number of pyridine rings is 1. The van der Waals surface area contributed by atoms with Crippen LogP contribution >= 0.6 is 0 Å². The molecular weight excluding hydrogens is 412 g/mol. The second-order valence-corrected chi connectivity index (χ2v) is 9.82. The number of hydrogen-bond acceptors (Lipinski definition) is 4. The van der Waals surface area contributed by atoms with Crippen molar-refractivity contribution in [3.63, 3.8) is 0 Å². The molecule has 0 bridgehead atoms. The lowest BCUT2D eigenvalue weighted by Crippen LogP contribution is -2.30. The third-order valence-electron chi connectivity index (χ3n) is 6.26. The summed E-state index contributed by atoms with van der Waals surface area (Å²) in [5.74, 6) is 0.219. The van der Waals surface area contributed by atoms with Crippen LogP contribution in [0.25, 0.3) is 11.0 Å². The largest absolute Gasteiger partial charge is 0.450 e. The molecule has 33 heavy (non-hydrogen) atoms. The zero-order chi connectivity index (χ0) is 23.5. The van der Waals surface area contributed by atoms with Gasteiger partial charge < -0.3 is 4.42 Å². The van der Waals surface area contributed by atoms with Gasteiger partial charge in [-0.25, -0.2) is 4.98 Å². The molecule has 0 saturated heterocycles. The maximum absolute atomic E-state index is 13.7. The lowest BCUT2D eigenvalue weighted by Gasteiger charge is -2.25. The van der Waals surface area contributed by atoms with Crippen LogP contribution in [0.4, 0.5) is 5.82 Å². The van der Waals surface area contributed by atoms with Gasteiger partial charge in [-0.2, -0.15) is 0 Å². The Hall–Kier alpha value is -3.73. The molecule has 2 aromatic carbocycles. The third kappa shape index (κ3) is 3.44. The highest BCUT2D eigenvalue weighted by molar-refractivity contribution is 6.10. The molecule has 1 aliphatic heterocycles. The molecule has 0 aliphatic carbocycles. The van der Waals surface area contributed by atoms with Crippen molar-refractivity contribution in [3.05, 3.63) is 105 Å². The summed E-state index contributed by atoms with van der Waals surface area (Å²) in [6.07, 6.45) is 1.72. The Morgan fingerprint density at radius 3 is 2.24 bits per heavy atom. The third-order valence-corrected chi connectivity index (χ3v) is 6.26. The fourth-order valence-electron chi connectivity index (χ4n) is 4.41. The van der Waals surface area contributed by atoms with Crippen molar-refractivity contribution in [2.75, 3.05) is 4.90 Å². The second kappa shape index (κ2) is 7.41. The summed E-state index contributed by atoms with van der Waals surface area (Å²) in [5, 5.41) is 0.483. The van der Waals surface area contributed by atoms with E-state index in [9.17, 15) is 9.59 Å². The Bertz CT molecular complexity index is 1440. The highest BCUT2D eigenvalue weighted by atomic mass is 16.3. The van der Waals surface area contributed by atoms with Gasteiger partial charge in [0.15, 0.2) is 5.43 Å². The van der Waals surface area contributed by atoms with Crippen LogP contribution < -0.4 is 10.3 Å². The summed E-state index contributed by atoms with van der Waals surface area (Å²) in [6, 6.07) is 16.7. The van der Waals surface area contributed by atoms with Gasteiger partial charge in [0.1, 0.15) is 11.4 Å². The molecule has 1 unspecified atom stereocenters. The normalized spacial score (nSPS) is 15.8. The predicted molar refractivity (Wildman–Crippen MR) is 130 cm³/mol. The second-order valence-electron chi connectivity index (χ2n) is 9.82. The van der Waals surface area contributed by atoms with Gasteiger partial charge in [-0.3, -0.25) is 14.5 Å². The fourth-order valence-corrected chi connectivity index (χ4v) is 4.41. The van der Waals surface area contributed by atoms with Crippen molar-refractivity contribution in [1.29, 1.82) is 0 Å². The zero-order valence-electron chi connectivity index (χ0n) is 19.5. The number of anilines is 1. The summed E-state index contributed by atoms with van der Waals surface area (Å²) in [4.78, 5) is 33.4. The molecule has 4 aromatic rings. The first-order valence-corrected chi connectivity index (χ1v) is 11.1. The van der Waals surface area contributed by atoms with Gasteiger partial charge in [0.2, 0.25) is 5.76 Å². The van der Waals surface area contributed by atoms with E-state index < -0.39 is 6.04 Å².